The van der Waals surface area contributed by atoms with Gasteiger partial charge >= 0.3 is 0 Å². The van der Waals surface area contributed by atoms with Crippen molar-refractivity contribution in [1.82, 2.24) is 19.4 Å². The molecule has 0 unspecified atom stereocenters. The van der Waals surface area contributed by atoms with E-state index in [0.29, 0.717) is 18.4 Å². The first kappa shape index (κ1) is 28.6. The zero-order valence-corrected chi connectivity index (χ0v) is 24.5. The van der Waals surface area contributed by atoms with Gasteiger partial charge in [-0.05, 0) is 105 Å². The lowest BCUT2D eigenvalue weighted by Crippen LogP contribution is -2.40. The monoisotopic (exact) mass is 565 g/mol. The highest BCUT2D eigenvalue weighted by Crippen LogP contribution is 2.33. The number of carbonyl (C=O) groups excluding carboxylic acids is 1. The number of carbonyl (C=O) groups is 1. The van der Waals surface area contributed by atoms with Crippen LogP contribution in [-0.2, 0) is 29.1 Å². The number of likely N-dealkylation sites (tertiary alicyclic amines) is 2. The summed E-state index contributed by atoms with van der Waals surface area (Å²) in [6.07, 6.45) is 12.9. The van der Waals surface area contributed by atoms with Crippen molar-refractivity contribution in [2.24, 2.45) is 16.2 Å². The van der Waals surface area contributed by atoms with Crippen LogP contribution in [0.2, 0.25) is 0 Å². The second-order valence-corrected chi connectivity index (χ2v) is 12.0. The van der Waals surface area contributed by atoms with Crippen molar-refractivity contribution < 1.29 is 13.4 Å². The Morgan fingerprint density at radius 2 is 1.90 bits per heavy atom. The summed E-state index contributed by atoms with van der Waals surface area (Å²) in [5.74, 6) is 1.24. The van der Waals surface area contributed by atoms with Crippen LogP contribution in [0.1, 0.15) is 55.7 Å². The summed E-state index contributed by atoms with van der Waals surface area (Å²) in [4.78, 5) is 20.8. The molecule has 1 aromatic carbocycles. The number of piperidine rings is 1. The molecule has 1 atom stereocenters. The highest BCUT2D eigenvalue weighted by atomic mass is 32.1. The third-order valence-electron chi connectivity index (χ3n) is 8.74. The van der Waals surface area contributed by atoms with E-state index in [1.807, 2.05) is 23.4 Å². The Labute approximate surface area is 240 Å². The Balaban J connectivity index is 1.31. The summed E-state index contributed by atoms with van der Waals surface area (Å²) in [7, 11) is 0. The van der Waals surface area contributed by atoms with Crippen molar-refractivity contribution >= 4 is 28.3 Å². The van der Waals surface area contributed by atoms with E-state index < -0.39 is 0 Å². The summed E-state index contributed by atoms with van der Waals surface area (Å²) in [5.41, 5.74) is 5.51. The number of halogens is 1. The van der Waals surface area contributed by atoms with Gasteiger partial charge in [-0.15, -0.1) is 0 Å². The Hall–Kier alpha value is -2.91. The summed E-state index contributed by atoms with van der Waals surface area (Å²) in [6.45, 7) is 9.48. The quantitative estimate of drug-likeness (QED) is 0.312. The molecule has 7 nitrogen and oxygen atoms in total. The lowest BCUT2D eigenvalue weighted by molar-refractivity contribution is -0.130. The van der Waals surface area contributed by atoms with Gasteiger partial charge in [-0.25, -0.2) is 4.39 Å². The zero-order valence-electron chi connectivity index (χ0n) is 23.6. The molecule has 1 amide bonds. The molecule has 3 aromatic rings. The molecule has 0 aliphatic carbocycles. The van der Waals surface area contributed by atoms with Crippen LogP contribution < -0.4 is 0 Å². The number of pyridine rings is 1. The fraction of sp³-hybridized carbons (Fsp3) is 0.548. The maximum absolute atomic E-state index is 14.3. The number of aryl methyl sites for hydroxylation is 2. The molecule has 0 bridgehead atoms. The first-order chi connectivity index (χ1) is 19.4. The highest BCUT2D eigenvalue weighted by Gasteiger charge is 2.28. The molecule has 5 rings (SSSR count). The number of benzene rings is 1. The second-order valence-electron chi connectivity index (χ2n) is 11.6. The molecule has 2 aliphatic heterocycles. The minimum Gasteiger partial charge on any atom is -0.343 e. The van der Waals surface area contributed by atoms with Crippen LogP contribution in [-0.4, -0.2) is 68.7 Å². The van der Waals surface area contributed by atoms with Crippen molar-refractivity contribution in [2.75, 3.05) is 39.3 Å². The van der Waals surface area contributed by atoms with Crippen LogP contribution in [0, 0.1) is 24.6 Å². The minimum absolute atomic E-state index is 0.197. The van der Waals surface area contributed by atoms with Crippen molar-refractivity contribution in [1.29, 1.82) is 0 Å². The van der Waals surface area contributed by atoms with Crippen molar-refractivity contribution in [3.8, 4) is 5.69 Å². The predicted octanol–water partition coefficient (Wildman–Crippen LogP) is 5.32. The highest BCUT2D eigenvalue weighted by molar-refractivity contribution is 7.54. The first-order valence-electron chi connectivity index (χ1n) is 14.6. The van der Waals surface area contributed by atoms with Crippen molar-refractivity contribution in [3.05, 3.63) is 59.3 Å². The molecule has 2 aliphatic rings. The van der Waals surface area contributed by atoms with E-state index in [9.17, 15) is 13.4 Å². The zero-order chi connectivity index (χ0) is 28.1. The van der Waals surface area contributed by atoms with Gasteiger partial charge in [0.1, 0.15) is 5.82 Å². The molecule has 4 heterocycles. The van der Waals surface area contributed by atoms with E-state index in [4.69, 9.17) is 0 Å². The molecule has 2 aromatic heterocycles. The largest absolute Gasteiger partial charge is 0.343 e. The maximum atomic E-state index is 14.3. The van der Waals surface area contributed by atoms with E-state index in [0.717, 1.165) is 88.0 Å². The van der Waals surface area contributed by atoms with Gasteiger partial charge in [-0.2, -0.15) is 8.57 Å². The topological polar surface area (TPSA) is 70.8 Å². The Morgan fingerprint density at radius 1 is 1.10 bits per heavy atom. The summed E-state index contributed by atoms with van der Waals surface area (Å²) >= 11 is 0.266. The summed E-state index contributed by atoms with van der Waals surface area (Å²) in [6, 6.07) is 5.05. The smallest absolute Gasteiger partial charge is 0.219 e. The SMILES string of the molecule is CC(=O)N1CCC(CN2CC[C@@H](Cc3cn(-c4ccc(F)cc4CCCCN=S=O)c4cncc(C)c34)C2)CC1. The molecule has 0 spiro atoms. The van der Waals surface area contributed by atoms with E-state index >= 15 is 0 Å². The normalized spacial score (nSPS) is 18.5. The molecule has 2 saturated heterocycles. The van der Waals surface area contributed by atoms with Crippen molar-refractivity contribution in [3.63, 3.8) is 0 Å². The number of hydrogen-bond donors (Lipinski definition) is 0. The van der Waals surface area contributed by atoms with Gasteiger partial charge in [0, 0.05) is 56.6 Å². The van der Waals surface area contributed by atoms with Crippen LogP contribution in [0.25, 0.3) is 16.6 Å². The average Bonchev–Trinajstić information content (AvgIpc) is 3.54. The van der Waals surface area contributed by atoms with Crippen LogP contribution in [0.15, 0.2) is 41.2 Å². The molecule has 0 N–H and O–H groups in total. The summed E-state index contributed by atoms with van der Waals surface area (Å²) < 4.78 is 30.8. The third-order valence-corrected chi connectivity index (χ3v) is 9.02. The van der Waals surface area contributed by atoms with Crippen LogP contribution in [0.5, 0.6) is 0 Å². The molecule has 0 saturated carbocycles. The van der Waals surface area contributed by atoms with Gasteiger partial charge in [0.15, 0.2) is 11.5 Å². The Bertz CT molecular complexity index is 1390. The number of aromatic nitrogens is 2. The minimum atomic E-state index is -0.234. The average molecular weight is 566 g/mol. The van der Waals surface area contributed by atoms with Gasteiger partial charge in [-0.3, -0.25) is 9.78 Å². The number of hydrogen-bond acceptors (Lipinski definition) is 5. The van der Waals surface area contributed by atoms with E-state index in [1.165, 1.54) is 29.0 Å². The Kier molecular flexibility index (Phi) is 9.42. The molecule has 40 heavy (non-hydrogen) atoms. The number of amides is 1. The van der Waals surface area contributed by atoms with Gasteiger partial charge in [0.25, 0.3) is 0 Å². The van der Waals surface area contributed by atoms with E-state index in [1.54, 1.807) is 13.0 Å². The standard InChI is InChI=1S/C31H40FN5O2S/c1-22-17-33-18-30-31(22)27(15-25-8-12-35(20-25)19-24-9-13-36(14-10-24)23(2)38)21-37(30)29-7-6-28(32)16-26(29)5-3-4-11-34-40-39/h6-7,16-18,21,24-25H,3-5,8-15,19-20H2,1-2H3/t25-/m0/s1. The van der Waals surface area contributed by atoms with Crippen LogP contribution >= 0.6 is 0 Å². The first-order valence-corrected chi connectivity index (χ1v) is 15.3. The van der Waals surface area contributed by atoms with E-state index in [-0.39, 0.29) is 23.2 Å². The van der Waals surface area contributed by atoms with Gasteiger partial charge in [0.2, 0.25) is 5.91 Å². The van der Waals surface area contributed by atoms with Gasteiger partial charge < -0.3 is 14.4 Å². The third kappa shape index (κ3) is 6.69. The summed E-state index contributed by atoms with van der Waals surface area (Å²) in [5, 5.41) is 1.26. The number of fused-ring (bicyclic) bond motifs is 1. The molecule has 0 radical (unpaired) electrons. The molecule has 9 heteroatoms. The Morgan fingerprint density at radius 3 is 2.67 bits per heavy atom. The maximum Gasteiger partial charge on any atom is 0.219 e. The van der Waals surface area contributed by atoms with Crippen LogP contribution in [0.3, 0.4) is 0 Å². The van der Waals surface area contributed by atoms with Gasteiger partial charge in [0.05, 0.1) is 18.3 Å². The molecular weight excluding hydrogens is 525 g/mol. The fourth-order valence-corrected chi connectivity index (χ4v) is 6.87. The van der Waals surface area contributed by atoms with Crippen molar-refractivity contribution in [2.45, 2.75) is 58.8 Å². The predicted molar refractivity (Wildman–Crippen MR) is 157 cm³/mol. The molecule has 214 valence electrons. The lowest BCUT2D eigenvalue weighted by atomic mass is 9.96. The lowest BCUT2D eigenvalue weighted by Gasteiger charge is -2.33. The number of unbranched alkanes of at least 4 members (excludes halogenated alkanes) is 1. The number of rotatable bonds is 10. The molecular formula is C31H40FN5O2S. The van der Waals surface area contributed by atoms with E-state index in [2.05, 4.69) is 31.9 Å². The van der Waals surface area contributed by atoms with Crippen LogP contribution in [0.4, 0.5) is 4.39 Å². The fourth-order valence-electron chi connectivity index (χ4n) is 6.67. The number of nitrogens with zero attached hydrogens (tertiary/aromatic N) is 5. The second kappa shape index (κ2) is 13.2. The molecule has 2 fully saturated rings. The van der Waals surface area contributed by atoms with Gasteiger partial charge in [-0.1, -0.05) is 0 Å².